The molecule has 0 aliphatic heterocycles. The van der Waals surface area contributed by atoms with Crippen molar-refractivity contribution in [2.75, 3.05) is 0 Å². The van der Waals surface area contributed by atoms with Gasteiger partial charge in [-0.1, -0.05) is 0 Å². The number of hydrogen-bond donors (Lipinski definition) is 0. The van der Waals surface area contributed by atoms with Gasteiger partial charge in [0.05, 0.1) is 18.2 Å². The second-order valence-corrected chi connectivity index (χ2v) is 3.91. The highest BCUT2D eigenvalue weighted by Crippen LogP contribution is 2.22. The lowest BCUT2D eigenvalue weighted by atomic mass is 10.2. The largest absolute Gasteiger partial charge is 0.240 e. The molecular formula is C11H7FN2S. The van der Waals surface area contributed by atoms with E-state index in [0.29, 0.717) is 6.42 Å². The van der Waals surface area contributed by atoms with Crippen molar-refractivity contribution in [3.8, 4) is 17.3 Å². The lowest BCUT2D eigenvalue weighted by Gasteiger charge is -1.94. The summed E-state index contributed by atoms with van der Waals surface area (Å²) in [6.45, 7) is 0. The molecule has 0 spiro atoms. The van der Waals surface area contributed by atoms with Crippen LogP contribution < -0.4 is 0 Å². The first kappa shape index (κ1) is 9.81. The lowest BCUT2D eigenvalue weighted by Crippen LogP contribution is -1.81. The topological polar surface area (TPSA) is 36.7 Å². The molecule has 0 aliphatic carbocycles. The van der Waals surface area contributed by atoms with E-state index in [1.54, 1.807) is 12.1 Å². The number of nitrogens with zero attached hydrogens (tertiary/aromatic N) is 2. The van der Waals surface area contributed by atoms with Crippen molar-refractivity contribution < 1.29 is 4.39 Å². The van der Waals surface area contributed by atoms with Crippen LogP contribution in [-0.4, -0.2) is 4.98 Å². The van der Waals surface area contributed by atoms with Crippen molar-refractivity contribution >= 4 is 11.3 Å². The van der Waals surface area contributed by atoms with E-state index < -0.39 is 0 Å². The van der Waals surface area contributed by atoms with E-state index in [4.69, 9.17) is 5.26 Å². The Hall–Kier alpha value is -1.73. The van der Waals surface area contributed by atoms with Crippen LogP contribution in [0.15, 0.2) is 29.6 Å². The monoisotopic (exact) mass is 218 g/mol. The van der Waals surface area contributed by atoms with Gasteiger partial charge in [0, 0.05) is 10.9 Å². The molecule has 0 saturated carbocycles. The van der Waals surface area contributed by atoms with Crippen LogP contribution in [0.5, 0.6) is 0 Å². The smallest absolute Gasteiger partial charge is 0.123 e. The molecule has 0 aliphatic rings. The Morgan fingerprint density at radius 3 is 2.73 bits per heavy atom. The fraction of sp³-hybridized carbons (Fsp3) is 0.0909. The van der Waals surface area contributed by atoms with Crippen LogP contribution in [0.4, 0.5) is 4.39 Å². The van der Waals surface area contributed by atoms with E-state index in [0.717, 1.165) is 16.3 Å². The molecule has 0 N–H and O–H groups in total. The number of nitriles is 1. The van der Waals surface area contributed by atoms with Crippen LogP contribution in [0.25, 0.3) is 11.3 Å². The molecule has 2 aromatic rings. The number of aromatic nitrogens is 1. The molecule has 4 heteroatoms. The van der Waals surface area contributed by atoms with Crippen LogP contribution in [0.2, 0.25) is 0 Å². The molecule has 1 aromatic heterocycles. The highest BCUT2D eigenvalue weighted by Gasteiger charge is 2.03. The third-order valence-corrected chi connectivity index (χ3v) is 2.77. The third-order valence-electron chi connectivity index (χ3n) is 1.92. The van der Waals surface area contributed by atoms with Crippen molar-refractivity contribution in [1.82, 2.24) is 4.98 Å². The molecular weight excluding hydrogens is 211 g/mol. The molecule has 2 nitrogen and oxygen atoms in total. The van der Waals surface area contributed by atoms with Crippen LogP contribution in [-0.2, 0) is 6.42 Å². The SMILES string of the molecule is N#CCc1nc(-c2ccc(F)cc2)cs1. The number of thiazole rings is 1. The third kappa shape index (κ3) is 2.20. The van der Waals surface area contributed by atoms with Gasteiger partial charge in [0.1, 0.15) is 10.8 Å². The molecule has 1 heterocycles. The van der Waals surface area contributed by atoms with Crippen LogP contribution >= 0.6 is 11.3 Å². The summed E-state index contributed by atoms with van der Waals surface area (Å²) < 4.78 is 12.7. The fourth-order valence-electron chi connectivity index (χ4n) is 1.21. The summed E-state index contributed by atoms with van der Waals surface area (Å²) in [5.41, 5.74) is 1.67. The molecule has 0 amide bonds. The van der Waals surface area contributed by atoms with Gasteiger partial charge in [0.2, 0.25) is 0 Å². The van der Waals surface area contributed by atoms with Gasteiger partial charge in [-0.25, -0.2) is 9.37 Å². The zero-order valence-corrected chi connectivity index (χ0v) is 8.59. The minimum atomic E-state index is -0.258. The summed E-state index contributed by atoms with van der Waals surface area (Å²) in [5, 5.41) is 11.2. The Bertz CT molecular complexity index is 496. The molecule has 0 atom stereocenters. The van der Waals surface area contributed by atoms with Gasteiger partial charge in [-0.05, 0) is 24.3 Å². The first-order valence-electron chi connectivity index (χ1n) is 4.37. The minimum Gasteiger partial charge on any atom is -0.240 e. The Labute approximate surface area is 90.6 Å². The lowest BCUT2D eigenvalue weighted by molar-refractivity contribution is 0.628. The number of hydrogen-bond acceptors (Lipinski definition) is 3. The van der Waals surface area contributed by atoms with Crippen molar-refractivity contribution in [1.29, 1.82) is 5.26 Å². The molecule has 0 saturated heterocycles. The highest BCUT2D eigenvalue weighted by molar-refractivity contribution is 7.10. The predicted octanol–water partition coefficient (Wildman–Crippen LogP) is 3.02. The van der Waals surface area contributed by atoms with Gasteiger partial charge in [0.25, 0.3) is 0 Å². The molecule has 2 rings (SSSR count). The average Bonchev–Trinajstić information content (AvgIpc) is 2.68. The molecule has 0 bridgehead atoms. The maximum atomic E-state index is 12.7. The summed E-state index contributed by atoms with van der Waals surface area (Å²) >= 11 is 1.45. The van der Waals surface area contributed by atoms with Crippen molar-refractivity contribution in [2.45, 2.75) is 6.42 Å². The van der Waals surface area contributed by atoms with Gasteiger partial charge in [-0.15, -0.1) is 11.3 Å². The average molecular weight is 218 g/mol. The van der Waals surface area contributed by atoms with Crippen molar-refractivity contribution in [3.05, 3.63) is 40.5 Å². The van der Waals surface area contributed by atoms with Crippen molar-refractivity contribution in [3.63, 3.8) is 0 Å². The Balaban J connectivity index is 2.30. The van der Waals surface area contributed by atoms with Crippen LogP contribution in [0, 0.1) is 17.1 Å². The number of rotatable bonds is 2. The van der Waals surface area contributed by atoms with Gasteiger partial charge in [-0.2, -0.15) is 5.26 Å². The van der Waals surface area contributed by atoms with Crippen LogP contribution in [0.3, 0.4) is 0 Å². The highest BCUT2D eigenvalue weighted by atomic mass is 32.1. The first-order chi connectivity index (χ1) is 7.29. The molecule has 0 fully saturated rings. The van der Waals surface area contributed by atoms with E-state index in [9.17, 15) is 4.39 Å². The van der Waals surface area contributed by atoms with E-state index in [2.05, 4.69) is 4.98 Å². The molecule has 74 valence electrons. The Morgan fingerprint density at radius 1 is 1.33 bits per heavy atom. The van der Waals surface area contributed by atoms with E-state index >= 15 is 0 Å². The van der Waals surface area contributed by atoms with E-state index in [-0.39, 0.29) is 5.82 Å². The normalized spacial score (nSPS) is 9.87. The first-order valence-corrected chi connectivity index (χ1v) is 5.25. The van der Waals surface area contributed by atoms with Crippen LogP contribution in [0.1, 0.15) is 5.01 Å². The predicted molar refractivity (Wildman–Crippen MR) is 56.8 cm³/mol. The maximum Gasteiger partial charge on any atom is 0.123 e. The zero-order valence-electron chi connectivity index (χ0n) is 7.77. The summed E-state index contributed by atoms with van der Waals surface area (Å²) in [4.78, 5) is 4.27. The van der Waals surface area contributed by atoms with Crippen molar-refractivity contribution in [2.24, 2.45) is 0 Å². The second kappa shape index (κ2) is 4.20. The van der Waals surface area contributed by atoms with E-state index in [1.165, 1.54) is 23.5 Å². The second-order valence-electron chi connectivity index (χ2n) is 2.97. The van der Waals surface area contributed by atoms with Gasteiger partial charge in [0.15, 0.2) is 0 Å². The number of halogens is 1. The van der Waals surface area contributed by atoms with Gasteiger partial charge in [-0.3, -0.25) is 0 Å². The molecule has 1 aromatic carbocycles. The van der Waals surface area contributed by atoms with E-state index in [1.807, 2.05) is 11.4 Å². The zero-order chi connectivity index (χ0) is 10.7. The maximum absolute atomic E-state index is 12.7. The Morgan fingerprint density at radius 2 is 2.07 bits per heavy atom. The van der Waals surface area contributed by atoms with Gasteiger partial charge < -0.3 is 0 Å². The standard InChI is InChI=1S/C11H7FN2S/c12-9-3-1-8(2-4-9)10-7-15-11(14-10)5-6-13/h1-4,7H,5H2. The number of benzene rings is 1. The fourth-order valence-corrected chi connectivity index (χ4v) is 1.95. The minimum absolute atomic E-state index is 0.258. The summed E-state index contributed by atoms with van der Waals surface area (Å²) in [6, 6.07) is 8.21. The molecule has 15 heavy (non-hydrogen) atoms. The summed E-state index contributed by atoms with van der Waals surface area (Å²) in [7, 11) is 0. The quantitative estimate of drug-likeness (QED) is 0.776. The molecule has 0 radical (unpaired) electrons. The van der Waals surface area contributed by atoms with Gasteiger partial charge >= 0.3 is 0 Å². The summed E-state index contributed by atoms with van der Waals surface area (Å²) in [5.74, 6) is -0.258. The summed E-state index contributed by atoms with van der Waals surface area (Å²) in [6.07, 6.45) is 0.325. The Kier molecular flexibility index (Phi) is 2.75. The molecule has 0 unspecified atom stereocenters.